The lowest BCUT2D eigenvalue weighted by atomic mass is 9.55. The number of rotatable bonds is 2. The largest absolute Gasteiger partial charge is 0.235 e. The van der Waals surface area contributed by atoms with Gasteiger partial charge in [0, 0.05) is 0 Å². The van der Waals surface area contributed by atoms with Crippen LogP contribution in [-0.2, 0) is 9.59 Å². The summed E-state index contributed by atoms with van der Waals surface area (Å²) in [6.45, 7) is 0. The number of hydrogen-bond acceptors (Lipinski definition) is 4. The van der Waals surface area contributed by atoms with E-state index in [4.69, 9.17) is 0 Å². The van der Waals surface area contributed by atoms with Crippen molar-refractivity contribution in [2.45, 2.75) is 63.5 Å². The molecule has 0 aliphatic heterocycles. The Labute approximate surface area is 119 Å². The van der Waals surface area contributed by atoms with Gasteiger partial charge in [-0.2, -0.15) is 0 Å². The maximum atomic E-state index is 10.9. The monoisotopic (exact) mass is 274 g/mol. The summed E-state index contributed by atoms with van der Waals surface area (Å²) in [6, 6.07) is 0.252. The third-order valence-electron chi connectivity index (χ3n) is 5.91. The predicted octanol–water partition coefficient (Wildman–Crippen LogP) is 3.02. The van der Waals surface area contributed by atoms with Gasteiger partial charge in [-0.15, -0.1) is 0 Å². The molecule has 0 aromatic carbocycles. The van der Waals surface area contributed by atoms with Gasteiger partial charge < -0.3 is 0 Å². The molecule has 0 N–H and O–H groups in total. The molecular formula is C16H22N2O2. The lowest BCUT2D eigenvalue weighted by Gasteiger charge is -2.52. The number of hydrogen-bond donors (Lipinski definition) is 0. The lowest BCUT2D eigenvalue weighted by molar-refractivity contribution is 0.0114. The second kappa shape index (κ2) is 6.03. The highest BCUT2D eigenvalue weighted by molar-refractivity contribution is 5.36. The Morgan fingerprint density at radius 2 is 0.900 bits per heavy atom. The Balaban J connectivity index is 1.97. The van der Waals surface area contributed by atoms with Gasteiger partial charge in [0.2, 0.25) is 12.2 Å². The third-order valence-corrected chi connectivity index (χ3v) is 5.91. The maximum Gasteiger partial charge on any atom is 0.235 e. The molecule has 0 amide bonds. The highest BCUT2D eigenvalue weighted by Crippen LogP contribution is 2.52. The minimum absolute atomic E-state index is 0.126. The van der Waals surface area contributed by atoms with E-state index in [0.29, 0.717) is 23.7 Å². The molecule has 3 rings (SSSR count). The summed E-state index contributed by atoms with van der Waals surface area (Å²) in [5.74, 6) is 1.69. The van der Waals surface area contributed by atoms with Crippen LogP contribution in [0.4, 0.5) is 0 Å². The summed E-state index contributed by atoms with van der Waals surface area (Å²) in [7, 11) is 0. The first-order chi connectivity index (χ1) is 9.86. The molecule has 108 valence electrons. The molecule has 0 bridgehead atoms. The van der Waals surface area contributed by atoms with E-state index in [1.807, 2.05) is 12.2 Å². The van der Waals surface area contributed by atoms with Gasteiger partial charge in [-0.1, -0.05) is 25.7 Å². The highest BCUT2D eigenvalue weighted by atomic mass is 16.1. The maximum absolute atomic E-state index is 10.9. The normalized spacial score (nSPS) is 43.4. The van der Waals surface area contributed by atoms with E-state index in [-0.39, 0.29) is 12.1 Å². The average Bonchev–Trinajstić information content (AvgIpc) is 2.50. The van der Waals surface area contributed by atoms with Crippen LogP contribution in [0, 0.1) is 23.7 Å². The first-order valence-corrected chi connectivity index (χ1v) is 8.00. The van der Waals surface area contributed by atoms with E-state index >= 15 is 0 Å². The van der Waals surface area contributed by atoms with Gasteiger partial charge in [0.1, 0.15) is 0 Å². The molecule has 4 unspecified atom stereocenters. The molecule has 20 heavy (non-hydrogen) atoms. The van der Waals surface area contributed by atoms with Gasteiger partial charge in [0.15, 0.2) is 0 Å². The van der Waals surface area contributed by atoms with E-state index < -0.39 is 0 Å². The Kier molecular flexibility index (Phi) is 4.14. The van der Waals surface area contributed by atoms with Crippen molar-refractivity contribution < 1.29 is 9.59 Å². The van der Waals surface area contributed by atoms with Crippen molar-refractivity contribution in [1.29, 1.82) is 0 Å². The number of carbonyl (C=O) groups excluding carboxylic acids is 2. The molecule has 3 saturated carbocycles. The van der Waals surface area contributed by atoms with Crippen LogP contribution >= 0.6 is 0 Å². The molecule has 0 saturated heterocycles. The van der Waals surface area contributed by atoms with E-state index in [1.54, 1.807) is 0 Å². The Morgan fingerprint density at radius 1 is 0.600 bits per heavy atom. The second-order valence-corrected chi connectivity index (χ2v) is 6.65. The molecule has 3 fully saturated rings. The van der Waals surface area contributed by atoms with Crippen LogP contribution in [0.25, 0.3) is 0 Å². The zero-order valence-corrected chi connectivity index (χ0v) is 11.8. The van der Waals surface area contributed by atoms with Crippen LogP contribution in [0.5, 0.6) is 0 Å². The van der Waals surface area contributed by atoms with Gasteiger partial charge in [0.25, 0.3) is 0 Å². The minimum Gasteiger partial charge on any atom is -0.211 e. The fraction of sp³-hybridized carbons (Fsp3) is 0.875. The number of nitrogens with zero attached hydrogens (tertiary/aromatic N) is 2. The Hall–Kier alpha value is -1.24. The first kappa shape index (κ1) is 13.7. The number of fused-ring (bicyclic) bond motifs is 2. The summed E-state index contributed by atoms with van der Waals surface area (Å²) in [5.41, 5.74) is 0. The first-order valence-electron chi connectivity index (χ1n) is 8.00. The molecule has 3 aliphatic carbocycles. The standard InChI is InChI=1S/C16H22N2O2/c19-9-17-15-11-5-1-2-6-12(11)16(18-10-20)14-8-4-3-7-13(14)15/h11-16H,1-8H2. The van der Waals surface area contributed by atoms with Gasteiger partial charge in [-0.3, -0.25) is 0 Å². The molecule has 4 heteroatoms. The lowest BCUT2D eigenvalue weighted by Crippen LogP contribution is -2.53. The minimum atomic E-state index is 0.126. The summed E-state index contributed by atoms with van der Waals surface area (Å²) in [6.07, 6.45) is 13.0. The molecule has 0 spiro atoms. The molecule has 4 atom stereocenters. The van der Waals surface area contributed by atoms with Gasteiger partial charge in [-0.05, 0) is 49.4 Å². The zero-order chi connectivity index (χ0) is 13.9. The summed E-state index contributed by atoms with van der Waals surface area (Å²) in [5, 5.41) is 0. The number of aliphatic imine (C=N–C) groups is 2. The van der Waals surface area contributed by atoms with Crippen LogP contribution in [0.1, 0.15) is 51.4 Å². The predicted molar refractivity (Wildman–Crippen MR) is 74.7 cm³/mol. The Bertz CT molecular complexity index is 385. The highest BCUT2D eigenvalue weighted by Gasteiger charge is 2.51. The van der Waals surface area contributed by atoms with E-state index in [2.05, 4.69) is 9.98 Å². The smallest absolute Gasteiger partial charge is 0.211 e. The van der Waals surface area contributed by atoms with Gasteiger partial charge in [-0.25, -0.2) is 19.6 Å². The summed E-state index contributed by atoms with van der Waals surface area (Å²) < 4.78 is 0. The topological polar surface area (TPSA) is 58.9 Å². The molecular weight excluding hydrogens is 252 g/mol. The molecule has 0 aromatic rings. The van der Waals surface area contributed by atoms with E-state index in [1.165, 1.54) is 25.7 Å². The fourth-order valence-electron chi connectivity index (χ4n) is 5.21. The quantitative estimate of drug-likeness (QED) is 0.574. The van der Waals surface area contributed by atoms with E-state index in [0.717, 1.165) is 25.7 Å². The second-order valence-electron chi connectivity index (χ2n) is 6.65. The number of isocyanates is 2. The van der Waals surface area contributed by atoms with Crippen molar-refractivity contribution in [3.63, 3.8) is 0 Å². The molecule has 0 heterocycles. The van der Waals surface area contributed by atoms with Crippen LogP contribution < -0.4 is 0 Å². The molecule has 0 aromatic heterocycles. The third kappa shape index (κ3) is 2.28. The SMILES string of the molecule is O=C=NC1C2CCCCC2C(N=C=O)C2CCCCC21. The van der Waals surface area contributed by atoms with Gasteiger partial charge in [0.05, 0.1) is 12.1 Å². The van der Waals surface area contributed by atoms with Crippen molar-refractivity contribution in [2.24, 2.45) is 33.7 Å². The van der Waals surface area contributed by atoms with Crippen LogP contribution in [0.3, 0.4) is 0 Å². The van der Waals surface area contributed by atoms with Crippen molar-refractivity contribution in [1.82, 2.24) is 0 Å². The fourth-order valence-corrected chi connectivity index (χ4v) is 5.21. The zero-order valence-electron chi connectivity index (χ0n) is 11.8. The summed E-state index contributed by atoms with van der Waals surface area (Å²) >= 11 is 0. The van der Waals surface area contributed by atoms with Crippen molar-refractivity contribution >= 4 is 12.2 Å². The summed E-state index contributed by atoms with van der Waals surface area (Å²) in [4.78, 5) is 30.1. The Morgan fingerprint density at radius 3 is 1.15 bits per heavy atom. The van der Waals surface area contributed by atoms with Crippen LogP contribution in [0.15, 0.2) is 9.98 Å². The molecule has 4 nitrogen and oxygen atoms in total. The van der Waals surface area contributed by atoms with Gasteiger partial charge >= 0.3 is 0 Å². The average molecular weight is 274 g/mol. The van der Waals surface area contributed by atoms with E-state index in [9.17, 15) is 9.59 Å². The van der Waals surface area contributed by atoms with Crippen LogP contribution in [0.2, 0.25) is 0 Å². The van der Waals surface area contributed by atoms with Crippen molar-refractivity contribution in [3.05, 3.63) is 0 Å². The molecule has 0 radical (unpaired) electrons. The van der Waals surface area contributed by atoms with Crippen LogP contribution in [-0.4, -0.2) is 24.2 Å². The van der Waals surface area contributed by atoms with Crippen molar-refractivity contribution in [3.8, 4) is 0 Å². The van der Waals surface area contributed by atoms with Crippen molar-refractivity contribution in [2.75, 3.05) is 0 Å². The molecule has 3 aliphatic rings.